The summed E-state index contributed by atoms with van der Waals surface area (Å²) in [6.07, 6.45) is 0. The summed E-state index contributed by atoms with van der Waals surface area (Å²) in [6.45, 7) is 6.26. The van der Waals surface area contributed by atoms with E-state index in [9.17, 15) is 0 Å². The van der Waals surface area contributed by atoms with Gasteiger partial charge < -0.3 is 4.74 Å². The molecule has 0 amide bonds. The van der Waals surface area contributed by atoms with E-state index >= 15 is 0 Å². The van der Waals surface area contributed by atoms with Gasteiger partial charge in [-0.05, 0) is 91.9 Å². The first-order valence-electron chi connectivity index (χ1n) is 16.5. The molecule has 0 fully saturated rings. The van der Waals surface area contributed by atoms with Gasteiger partial charge in [0.25, 0.3) is 0 Å². The van der Waals surface area contributed by atoms with E-state index in [1.54, 1.807) is 0 Å². The third-order valence-corrected chi connectivity index (χ3v) is 9.65. The molecule has 0 aliphatic carbocycles. The quantitative estimate of drug-likeness (QED) is 0.181. The predicted octanol–water partition coefficient (Wildman–Crippen LogP) is 10.2. The molecule has 6 aromatic carbocycles. The van der Waals surface area contributed by atoms with Crippen molar-refractivity contribution in [1.82, 2.24) is 28.7 Å². The number of aryl methyl sites for hydroxylation is 3. The molecule has 4 heterocycles. The van der Waals surface area contributed by atoms with Crippen molar-refractivity contribution >= 4 is 60.2 Å². The van der Waals surface area contributed by atoms with Crippen LogP contribution >= 0.6 is 0 Å². The van der Waals surface area contributed by atoms with Crippen molar-refractivity contribution in [3.8, 4) is 23.1 Å². The smallest absolute Gasteiger partial charge is 0.220 e. The second-order valence-corrected chi connectivity index (χ2v) is 12.7. The normalized spacial score (nSPS) is 12.0. The maximum Gasteiger partial charge on any atom is 0.220 e. The van der Waals surface area contributed by atoms with Crippen molar-refractivity contribution in [2.24, 2.45) is 0 Å². The Balaban J connectivity index is 1.19. The lowest BCUT2D eigenvalue weighted by molar-refractivity contribution is 0.484. The van der Waals surface area contributed by atoms with Crippen LogP contribution in [0.3, 0.4) is 0 Å². The van der Waals surface area contributed by atoms with Crippen LogP contribution in [0.25, 0.3) is 71.8 Å². The van der Waals surface area contributed by atoms with Crippen molar-refractivity contribution in [2.75, 3.05) is 0 Å². The molecule has 7 nitrogen and oxygen atoms in total. The van der Waals surface area contributed by atoms with E-state index in [0.717, 1.165) is 89.1 Å². The first-order valence-corrected chi connectivity index (χ1v) is 16.5. The third-order valence-electron chi connectivity index (χ3n) is 9.65. The van der Waals surface area contributed by atoms with Crippen LogP contribution in [-0.2, 0) is 0 Å². The molecule has 0 atom stereocenters. The lowest BCUT2D eigenvalue weighted by Gasteiger charge is -2.17. The Morgan fingerprint density at radius 3 is 1.92 bits per heavy atom. The lowest BCUT2D eigenvalue weighted by Crippen LogP contribution is -2.08. The van der Waals surface area contributed by atoms with Crippen molar-refractivity contribution in [1.29, 1.82) is 0 Å². The van der Waals surface area contributed by atoms with Crippen molar-refractivity contribution in [3.63, 3.8) is 0 Å². The first-order chi connectivity index (χ1) is 24.0. The number of benzene rings is 6. The van der Waals surface area contributed by atoms with Crippen LogP contribution in [0, 0.1) is 20.8 Å². The van der Waals surface area contributed by atoms with Crippen molar-refractivity contribution in [2.45, 2.75) is 20.8 Å². The van der Waals surface area contributed by atoms with Crippen LogP contribution in [0.15, 0.2) is 127 Å². The Kier molecular flexibility index (Phi) is 5.79. The Morgan fingerprint density at radius 1 is 0.490 bits per heavy atom. The Bertz CT molecular complexity index is 2940. The molecule has 10 aromatic rings. The average Bonchev–Trinajstić information content (AvgIpc) is 3.79. The number of aromatic nitrogens is 6. The van der Waals surface area contributed by atoms with Gasteiger partial charge in [0.05, 0.1) is 33.3 Å². The average molecular weight is 635 g/mol. The Morgan fingerprint density at radius 2 is 1.12 bits per heavy atom. The van der Waals surface area contributed by atoms with Gasteiger partial charge in [-0.3, -0.25) is 9.13 Å². The van der Waals surface area contributed by atoms with E-state index < -0.39 is 0 Å². The topological polar surface area (TPSA) is 62.2 Å². The van der Waals surface area contributed by atoms with Gasteiger partial charge in [0.1, 0.15) is 17.3 Å². The first kappa shape index (κ1) is 27.6. The number of fused-ring (bicyclic) bond motifs is 10. The zero-order valence-corrected chi connectivity index (χ0v) is 27.2. The number of hydrogen-bond acceptors (Lipinski definition) is 4. The summed E-state index contributed by atoms with van der Waals surface area (Å²) in [5.41, 5.74) is 9.48. The molecule has 0 aliphatic rings. The molecule has 0 bridgehead atoms. The molecule has 0 aliphatic heterocycles. The van der Waals surface area contributed by atoms with Crippen LogP contribution in [0.2, 0.25) is 0 Å². The van der Waals surface area contributed by atoms with Crippen LogP contribution in [0.4, 0.5) is 0 Å². The summed E-state index contributed by atoms with van der Waals surface area (Å²) in [7, 11) is 0. The highest BCUT2D eigenvalue weighted by atomic mass is 16.5. The highest BCUT2D eigenvalue weighted by Gasteiger charge is 2.22. The van der Waals surface area contributed by atoms with E-state index in [0.29, 0.717) is 0 Å². The van der Waals surface area contributed by atoms with Crippen LogP contribution in [0.5, 0.6) is 11.5 Å². The van der Waals surface area contributed by atoms with E-state index in [4.69, 9.17) is 19.8 Å². The number of para-hydroxylation sites is 5. The molecular weight excluding hydrogens is 605 g/mol. The lowest BCUT2D eigenvalue weighted by atomic mass is 10.1. The van der Waals surface area contributed by atoms with E-state index in [1.807, 2.05) is 29.6 Å². The summed E-state index contributed by atoms with van der Waals surface area (Å²) in [4.78, 5) is 10.1. The highest BCUT2D eigenvalue weighted by molar-refractivity contribution is 6.12. The minimum absolute atomic E-state index is 0.731. The molecular formula is C42H30N6O. The third kappa shape index (κ3) is 4.05. The fourth-order valence-electron chi connectivity index (χ4n) is 7.56. The van der Waals surface area contributed by atoms with Gasteiger partial charge in [-0.25, -0.2) is 14.5 Å². The van der Waals surface area contributed by atoms with Gasteiger partial charge >= 0.3 is 0 Å². The van der Waals surface area contributed by atoms with Gasteiger partial charge in [0.15, 0.2) is 5.65 Å². The molecule has 0 radical (unpaired) electrons. The monoisotopic (exact) mass is 634 g/mol. The van der Waals surface area contributed by atoms with Crippen LogP contribution in [-0.4, -0.2) is 28.7 Å². The molecule has 0 N–H and O–H groups in total. The summed E-state index contributed by atoms with van der Waals surface area (Å²) in [5, 5.41) is 10.2. The molecule has 4 aromatic heterocycles. The maximum atomic E-state index is 6.66. The predicted molar refractivity (Wildman–Crippen MR) is 198 cm³/mol. The SMILES string of the molecule is Cc1nc2c3cc(Oc4ccc5c6ccccc6n(-c6nc7ccccc7n6-c6c(C)cccc6C)c5c4)ccc3c3ccccc3n2n1. The fraction of sp³-hybridized carbons (Fsp3) is 0.0714. The number of imidazole rings is 1. The van der Waals surface area contributed by atoms with Gasteiger partial charge in [0, 0.05) is 27.6 Å². The van der Waals surface area contributed by atoms with E-state index in [1.165, 1.54) is 11.1 Å². The van der Waals surface area contributed by atoms with Gasteiger partial charge in [-0.2, -0.15) is 5.10 Å². The summed E-state index contributed by atoms with van der Waals surface area (Å²) in [6, 6.07) is 44.2. The number of nitrogens with zero attached hydrogens (tertiary/aromatic N) is 6. The molecule has 0 spiro atoms. The van der Waals surface area contributed by atoms with E-state index in [-0.39, 0.29) is 0 Å². The van der Waals surface area contributed by atoms with Gasteiger partial charge in [-0.15, -0.1) is 0 Å². The molecule has 10 rings (SSSR count). The molecule has 0 unspecified atom stereocenters. The zero-order valence-electron chi connectivity index (χ0n) is 27.2. The maximum absolute atomic E-state index is 6.66. The number of pyridine rings is 1. The number of hydrogen-bond donors (Lipinski definition) is 0. The zero-order chi connectivity index (χ0) is 32.8. The molecule has 7 heteroatoms. The standard InChI is InChI=1S/C42H30N6O/c1-25-11-10-12-26(2)40(25)47-38-18-9-6-15-35(38)44-42(47)46-36-16-7-4-14-32(36)33-22-20-29(24-39(33)46)49-28-19-21-30-31-13-5-8-17-37(31)48-41(34(30)23-28)43-27(3)45-48/h4-24H,1-3H3. The second kappa shape index (κ2) is 10.3. The summed E-state index contributed by atoms with van der Waals surface area (Å²) < 4.78 is 13.2. The Labute approximate surface area is 281 Å². The minimum atomic E-state index is 0.731. The summed E-state index contributed by atoms with van der Waals surface area (Å²) >= 11 is 0. The summed E-state index contributed by atoms with van der Waals surface area (Å²) in [5.74, 6) is 3.04. The number of ether oxygens (including phenoxy) is 1. The van der Waals surface area contributed by atoms with Crippen LogP contribution in [0.1, 0.15) is 17.0 Å². The minimum Gasteiger partial charge on any atom is -0.457 e. The van der Waals surface area contributed by atoms with Crippen LogP contribution < -0.4 is 4.74 Å². The van der Waals surface area contributed by atoms with Gasteiger partial charge in [0.2, 0.25) is 5.95 Å². The van der Waals surface area contributed by atoms with Gasteiger partial charge in [-0.1, -0.05) is 66.7 Å². The fourth-order valence-corrected chi connectivity index (χ4v) is 7.56. The highest BCUT2D eigenvalue weighted by Crippen LogP contribution is 2.39. The van der Waals surface area contributed by atoms with Crippen molar-refractivity contribution in [3.05, 3.63) is 144 Å². The molecule has 49 heavy (non-hydrogen) atoms. The molecule has 0 saturated carbocycles. The molecule has 234 valence electrons. The number of rotatable bonds is 4. The van der Waals surface area contributed by atoms with Crippen molar-refractivity contribution < 1.29 is 4.74 Å². The largest absolute Gasteiger partial charge is 0.457 e. The van der Waals surface area contributed by atoms with E-state index in [2.05, 4.69) is 132 Å². The molecule has 0 saturated heterocycles. The second-order valence-electron chi connectivity index (χ2n) is 12.7. The Hall–Kier alpha value is -6.47.